The SMILES string of the molecule is CCCc1ccc(CNC(=O)C(=O)OC)cc1. The van der Waals surface area contributed by atoms with Crippen molar-refractivity contribution < 1.29 is 14.3 Å². The van der Waals surface area contributed by atoms with Crippen LogP contribution in [0.5, 0.6) is 0 Å². The highest BCUT2D eigenvalue weighted by Crippen LogP contribution is 2.06. The van der Waals surface area contributed by atoms with Crippen LogP contribution in [0.25, 0.3) is 0 Å². The van der Waals surface area contributed by atoms with Crippen molar-refractivity contribution in [3.63, 3.8) is 0 Å². The quantitative estimate of drug-likeness (QED) is 0.634. The molecule has 92 valence electrons. The third-order valence-corrected chi connectivity index (χ3v) is 2.39. The molecule has 1 aromatic carbocycles. The van der Waals surface area contributed by atoms with E-state index in [0.717, 1.165) is 18.4 Å². The average molecular weight is 235 g/mol. The Morgan fingerprint density at radius 3 is 2.29 bits per heavy atom. The highest BCUT2D eigenvalue weighted by Gasteiger charge is 2.12. The number of esters is 1. The molecular weight excluding hydrogens is 218 g/mol. The predicted molar refractivity (Wildman–Crippen MR) is 64.3 cm³/mol. The van der Waals surface area contributed by atoms with Gasteiger partial charge in [-0.3, -0.25) is 4.79 Å². The molecular formula is C13H17NO3. The van der Waals surface area contributed by atoms with Gasteiger partial charge in [0.15, 0.2) is 0 Å². The number of carbonyl (C=O) groups excluding carboxylic acids is 2. The zero-order valence-corrected chi connectivity index (χ0v) is 10.2. The van der Waals surface area contributed by atoms with Gasteiger partial charge in [-0.15, -0.1) is 0 Å². The lowest BCUT2D eigenvalue weighted by Gasteiger charge is -2.05. The molecule has 1 rings (SSSR count). The van der Waals surface area contributed by atoms with Crippen LogP contribution in [-0.2, 0) is 27.3 Å². The fraction of sp³-hybridized carbons (Fsp3) is 0.385. The van der Waals surface area contributed by atoms with Crippen LogP contribution in [-0.4, -0.2) is 19.0 Å². The first-order valence-electron chi connectivity index (χ1n) is 5.61. The van der Waals surface area contributed by atoms with Gasteiger partial charge in [-0.1, -0.05) is 37.6 Å². The van der Waals surface area contributed by atoms with Gasteiger partial charge in [0, 0.05) is 6.54 Å². The van der Waals surface area contributed by atoms with Gasteiger partial charge in [0.25, 0.3) is 0 Å². The minimum Gasteiger partial charge on any atom is -0.462 e. The van der Waals surface area contributed by atoms with Crippen LogP contribution in [0, 0.1) is 0 Å². The highest BCUT2D eigenvalue weighted by atomic mass is 16.5. The third-order valence-electron chi connectivity index (χ3n) is 2.39. The normalized spacial score (nSPS) is 9.76. The first-order chi connectivity index (χ1) is 8.17. The molecule has 1 aromatic rings. The Morgan fingerprint density at radius 1 is 1.18 bits per heavy atom. The molecule has 0 atom stereocenters. The molecule has 0 unspecified atom stereocenters. The van der Waals surface area contributed by atoms with Gasteiger partial charge in [0.1, 0.15) is 0 Å². The van der Waals surface area contributed by atoms with Crippen molar-refractivity contribution in [2.24, 2.45) is 0 Å². The molecule has 17 heavy (non-hydrogen) atoms. The fourth-order valence-corrected chi connectivity index (χ4v) is 1.46. The number of nitrogens with one attached hydrogen (secondary N) is 1. The maximum Gasteiger partial charge on any atom is 0.396 e. The van der Waals surface area contributed by atoms with Crippen molar-refractivity contribution in [1.29, 1.82) is 0 Å². The zero-order valence-electron chi connectivity index (χ0n) is 10.2. The lowest BCUT2D eigenvalue weighted by atomic mass is 10.1. The Hall–Kier alpha value is -1.84. The second-order valence-corrected chi connectivity index (χ2v) is 3.74. The number of amides is 1. The molecule has 0 aliphatic carbocycles. The van der Waals surface area contributed by atoms with Crippen LogP contribution in [0.2, 0.25) is 0 Å². The Balaban J connectivity index is 2.47. The highest BCUT2D eigenvalue weighted by molar-refractivity contribution is 6.32. The van der Waals surface area contributed by atoms with Crippen molar-refractivity contribution in [3.8, 4) is 0 Å². The molecule has 0 radical (unpaired) electrons. The molecule has 0 fully saturated rings. The zero-order chi connectivity index (χ0) is 12.7. The molecule has 1 N–H and O–H groups in total. The van der Waals surface area contributed by atoms with Crippen molar-refractivity contribution >= 4 is 11.9 Å². The molecule has 0 saturated heterocycles. The standard InChI is InChI=1S/C13H17NO3/c1-3-4-10-5-7-11(8-6-10)9-14-12(15)13(16)17-2/h5-8H,3-4,9H2,1-2H3,(H,14,15). The fourth-order valence-electron chi connectivity index (χ4n) is 1.46. The van der Waals surface area contributed by atoms with Gasteiger partial charge in [0.05, 0.1) is 7.11 Å². The summed E-state index contributed by atoms with van der Waals surface area (Å²) >= 11 is 0. The summed E-state index contributed by atoms with van der Waals surface area (Å²) in [6, 6.07) is 7.96. The first kappa shape index (κ1) is 13.2. The second-order valence-electron chi connectivity index (χ2n) is 3.74. The monoisotopic (exact) mass is 235 g/mol. The topological polar surface area (TPSA) is 55.4 Å². The number of carbonyl (C=O) groups is 2. The van der Waals surface area contributed by atoms with E-state index < -0.39 is 11.9 Å². The van der Waals surface area contributed by atoms with E-state index in [1.165, 1.54) is 12.7 Å². The second kappa shape index (κ2) is 6.68. The van der Waals surface area contributed by atoms with Crippen molar-refractivity contribution in [2.75, 3.05) is 7.11 Å². The van der Waals surface area contributed by atoms with E-state index >= 15 is 0 Å². The van der Waals surface area contributed by atoms with E-state index in [-0.39, 0.29) is 0 Å². The molecule has 0 spiro atoms. The van der Waals surface area contributed by atoms with Gasteiger partial charge in [-0.25, -0.2) is 4.79 Å². The maximum atomic E-state index is 11.1. The van der Waals surface area contributed by atoms with Gasteiger partial charge in [-0.05, 0) is 17.5 Å². The largest absolute Gasteiger partial charge is 0.462 e. The molecule has 0 saturated carbocycles. The summed E-state index contributed by atoms with van der Waals surface area (Å²) < 4.78 is 4.30. The lowest BCUT2D eigenvalue weighted by molar-refractivity contribution is -0.152. The summed E-state index contributed by atoms with van der Waals surface area (Å²) in [4.78, 5) is 22.0. The summed E-state index contributed by atoms with van der Waals surface area (Å²) in [5.74, 6) is -1.59. The van der Waals surface area contributed by atoms with Crippen molar-refractivity contribution in [3.05, 3.63) is 35.4 Å². The summed E-state index contributed by atoms with van der Waals surface area (Å²) in [6.07, 6.45) is 2.16. The first-order valence-corrected chi connectivity index (χ1v) is 5.61. The summed E-state index contributed by atoms with van der Waals surface area (Å²) in [5, 5.41) is 2.49. The predicted octanol–water partition coefficient (Wildman–Crippen LogP) is 1.43. The number of rotatable bonds is 4. The van der Waals surface area contributed by atoms with Gasteiger partial charge < -0.3 is 10.1 Å². The van der Waals surface area contributed by atoms with Gasteiger partial charge in [0.2, 0.25) is 0 Å². The molecule has 0 aromatic heterocycles. The summed E-state index contributed by atoms with van der Waals surface area (Å²) in [5.41, 5.74) is 2.23. The number of ether oxygens (including phenoxy) is 1. The Labute approximate surface area is 101 Å². The van der Waals surface area contributed by atoms with E-state index in [0.29, 0.717) is 6.54 Å². The van der Waals surface area contributed by atoms with Crippen molar-refractivity contribution in [1.82, 2.24) is 5.32 Å². The Kier molecular flexibility index (Phi) is 5.20. The van der Waals surface area contributed by atoms with E-state index in [4.69, 9.17) is 0 Å². The molecule has 0 aliphatic rings. The van der Waals surface area contributed by atoms with E-state index in [2.05, 4.69) is 17.0 Å². The van der Waals surface area contributed by atoms with Crippen LogP contribution in [0.15, 0.2) is 24.3 Å². The minimum atomic E-state index is -0.868. The number of hydrogen-bond donors (Lipinski definition) is 1. The number of hydrogen-bond acceptors (Lipinski definition) is 3. The van der Waals surface area contributed by atoms with Crippen LogP contribution in [0.1, 0.15) is 24.5 Å². The molecule has 4 heteroatoms. The summed E-state index contributed by atoms with van der Waals surface area (Å²) in [6.45, 7) is 2.46. The van der Waals surface area contributed by atoms with E-state index in [1.807, 2.05) is 24.3 Å². The Morgan fingerprint density at radius 2 is 1.76 bits per heavy atom. The van der Waals surface area contributed by atoms with Crippen LogP contribution >= 0.6 is 0 Å². The minimum absolute atomic E-state index is 0.334. The number of methoxy groups -OCH3 is 1. The van der Waals surface area contributed by atoms with Crippen LogP contribution in [0.4, 0.5) is 0 Å². The van der Waals surface area contributed by atoms with Gasteiger partial charge in [-0.2, -0.15) is 0 Å². The number of benzene rings is 1. The van der Waals surface area contributed by atoms with E-state index in [9.17, 15) is 9.59 Å². The lowest BCUT2D eigenvalue weighted by Crippen LogP contribution is -2.31. The average Bonchev–Trinajstić information content (AvgIpc) is 2.37. The molecule has 4 nitrogen and oxygen atoms in total. The maximum absolute atomic E-state index is 11.1. The molecule has 0 aliphatic heterocycles. The number of aryl methyl sites for hydroxylation is 1. The van der Waals surface area contributed by atoms with Gasteiger partial charge >= 0.3 is 11.9 Å². The van der Waals surface area contributed by atoms with Crippen molar-refractivity contribution in [2.45, 2.75) is 26.3 Å². The Bertz CT molecular complexity index is 384. The van der Waals surface area contributed by atoms with Crippen LogP contribution < -0.4 is 5.32 Å². The molecule has 0 bridgehead atoms. The molecule has 0 heterocycles. The third kappa shape index (κ3) is 4.26. The summed E-state index contributed by atoms with van der Waals surface area (Å²) in [7, 11) is 1.18. The van der Waals surface area contributed by atoms with E-state index in [1.54, 1.807) is 0 Å². The smallest absolute Gasteiger partial charge is 0.396 e. The molecule has 1 amide bonds. The van der Waals surface area contributed by atoms with Crippen LogP contribution in [0.3, 0.4) is 0 Å².